The molecule has 0 radical (unpaired) electrons. The minimum absolute atomic E-state index is 0.0357. The number of hydrogen-bond donors (Lipinski definition) is 1. The minimum Gasteiger partial charge on any atom is -0.356 e. The molecule has 3 nitrogen and oxygen atoms in total. The molecule has 0 saturated carbocycles. The second kappa shape index (κ2) is 8.01. The van der Waals surface area contributed by atoms with E-state index in [4.69, 9.17) is 0 Å². The normalized spacial score (nSPS) is 17.0. The molecule has 1 fully saturated rings. The third kappa shape index (κ3) is 5.82. The molecule has 134 valence electrons. The van der Waals surface area contributed by atoms with Gasteiger partial charge < -0.3 is 5.32 Å². The van der Waals surface area contributed by atoms with Gasteiger partial charge in [0.1, 0.15) is 0 Å². The van der Waals surface area contributed by atoms with Crippen LogP contribution in [0.1, 0.15) is 29.5 Å². The average Bonchev–Trinajstić information content (AvgIpc) is 2.48. The Hall–Kier alpha value is -1.56. The highest BCUT2D eigenvalue weighted by molar-refractivity contribution is 5.78. The summed E-state index contributed by atoms with van der Waals surface area (Å²) in [6.07, 6.45) is -2.41. The van der Waals surface area contributed by atoms with Crippen molar-refractivity contribution in [2.75, 3.05) is 26.2 Å². The van der Waals surface area contributed by atoms with E-state index in [1.807, 2.05) is 6.92 Å². The summed E-state index contributed by atoms with van der Waals surface area (Å²) in [4.78, 5) is 13.5. The number of rotatable bonds is 5. The van der Waals surface area contributed by atoms with E-state index >= 15 is 0 Å². The van der Waals surface area contributed by atoms with Crippen molar-refractivity contribution in [2.24, 2.45) is 5.92 Å². The largest absolute Gasteiger partial charge is 0.401 e. The number of halogens is 3. The van der Waals surface area contributed by atoms with Crippen molar-refractivity contribution in [3.05, 3.63) is 34.9 Å². The Morgan fingerprint density at radius 2 is 1.92 bits per heavy atom. The lowest BCUT2D eigenvalue weighted by atomic mass is 9.95. The van der Waals surface area contributed by atoms with E-state index in [1.165, 1.54) is 21.6 Å². The first-order chi connectivity index (χ1) is 11.2. The van der Waals surface area contributed by atoms with Gasteiger partial charge in [-0.15, -0.1) is 0 Å². The number of carbonyl (C=O) groups is 1. The first-order valence-electron chi connectivity index (χ1n) is 8.37. The zero-order valence-electron chi connectivity index (χ0n) is 14.2. The van der Waals surface area contributed by atoms with Gasteiger partial charge in [-0.05, 0) is 57.3 Å². The number of benzene rings is 1. The lowest BCUT2D eigenvalue weighted by Crippen LogP contribution is -2.44. The Balaban J connectivity index is 1.72. The molecular formula is C18H25F3N2O. The average molecular weight is 342 g/mol. The van der Waals surface area contributed by atoms with Gasteiger partial charge in [-0.2, -0.15) is 13.2 Å². The van der Waals surface area contributed by atoms with Gasteiger partial charge in [-0.25, -0.2) is 0 Å². The number of hydrogen-bond acceptors (Lipinski definition) is 2. The number of nitrogens with one attached hydrogen (secondary N) is 1. The summed E-state index contributed by atoms with van der Waals surface area (Å²) in [5.74, 6) is -0.208. The second-order valence-electron chi connectivity index (χ2n) is 6.64. The lowest BCUT2D eigenvalue weighted by Gasteiger charge is -2.31. The minimum atomic E-state index is -4.17. The van der Waals surface area contributed by atoms with Crippen molar-refractivity contribution >= 4 is 5.91 Å². The number of nitrogens with zero attached hydrogens (tertiary/aromatic N) is 1. The molecule has 2 rings (SSSR count). The molecule has 24 heavy (non-hydrogen) atoms. The van der Waals surface area contributed by atoms with Crippen molar-refractivity contribution in [3.63, 3.8) is 0 Å². The summed E-state index contributed by atoms with van der Waals surface area (Å²) in [6, 6.07) is 6.25. The van der Waals surface area contributed by atoms with E-state index < -0.39 is 12.7 Å². The van der Waals surface area contributed by atoms with Crippen LogP contribution in [0.5, 0.6) is 0 Å². The van der Waals surface area contributed by atoms with E-state index in [1.54, 1.807) is 0 Å². The quantitative estimate of drug-likeness (QED) is 0.891. The van der Waals surface area contributed by atoms with Crippen LogP contribution in [0.4, 0.5) is 13.2 Å². The van der Waals surface area contributed by atoms with Gasteiger partial charge >= 0.3 is 6.18 Å². The molecule has 0 atom stereocenters. The third-order valence-corrected chi connectivity index (χ3v) is 4.55. The number of piperidine rings is 1. The zero-order valence-corrected chi connectivity index (χ0v) is 14.2. The Morgan fingerprint density at radius 1 is 1.25 bits per heavy atom. The van der Waals surface area contributed by atoms with E-state index in [-0.39, 0.29) is 11.8 Å². The monoisotopic (exact) mass is 342 g/mol. The molecule has 1 heterocycles. The van der Waals surface area contributed by atoms with Crippen LogP contribution < -0.4 is 5.32 Å². The molecule has 6 heteroatoms. The number of amides is 1. The highest BCUT2D eigenvalue weighted by atomic mass is 19.4. The highest BCUT2D eigenvalue weighted by Gasteiger charge is 2.33. The standard InChI is InChI=1S/C18H25F3N2O/c1-13-3-4-15(14(2)11-13)5-8-22-17(24)16-6-9-23(10-7-16)12-18(19,20)21/h3-4,11,16H,5-10,12H2,1-2H3,(H,22,24). The van der Waals surface area contributed by atoms with Gasteiger partial charge in [-0.3, -0.25) is 9.69 Å². The topological polar surface area (TPSA) is 32.3 Å². The molecule has 0 spiro atoms. The Labute approximate surface area is 141 Å². The predicted octanol–water partition coefficient (Wildman–Crippen LogP) is 3.24. The maximum atomic E-state index is 12.4. The Morgan fingerprint density at radius 3 is 2.50 bits per heavy atom. The van der Waals surface area contributed by atoms with Crippen LogP contribution in [-0.2, 0) is 11.2 Å². The van der Waals surface area contributed by atoms with Gasteiger partial charge in [0, 0.05) is 12.5 Å². The number of aryl methyl sites for hydroxylation is 2. The maximum absolute atomic E-state index is 12.4. The van der Waals surface area contributed by atoms with Gasteiger partial charge in [0.25, 0.3) is 0 Å². The molecule has 1 saturated heterocycles. The summed E-state index contributed by atoms with van der Waals surface area (Å²) in [5, 5.41) is 2.93. The van der Waals surface area contributed by atoms with Crippen LogP contribution in [0, 0.1) is 19.8 Å². The molecule has 0 bridgehead atoms. The van der Waals surface area contributed by atoms with Gasteiger partial charge in [-0.1, -0.05) is 23.8 Å². The van der Waals surface area contributed by atoms with Crippen LogP contribution in [0.25, 0.3) is 0 Å². The van der Waals surface area contributed by atoms with E-state index in [0.29, 0.717) is 32.5 Å². The van der Waals surface area contributed by atoms with Gasteiger partial charge in [0.15, 0.2) is 0 Å². The molecule has 1 N–H and O–H groups in total. The Kier molecular flexibility index (Phi) is 6.27. The molecule has 0 aliphatic carbocycles. The van der Waals surface area contributed by atoms with E-state index in [0.717, 1.165) is 6.42 Å². The SMILES string of the molecule is Cc1ccc(CCNC(=O)C2CCN(CC(F)(F)F)CC2)c(C)c1. The van der Waals surface area contributed by atoms with E-state index in [2.05, 4.69) is 30.4 Å². The molecule has 0 aromatic heterocycles. The van der Waals surface area contributed by atoms with Crippen molar-refractivity contribution in [1.82, 2.24) is 10.2 Å². The molecule has 1 aliphatic heterocycles. The second-order valence-corrected chi connectivity index (χ2v) is 6.64. The van der Waals surface area contributed by atoms with Crippen molar-refractivity contribution < 1.29 is 18.0 Å². The summed E-state index contributed by atoms with van der Waals surface area (Å²) in [6.45, 7) is 4.44. The summed E-state index contributed by atoms with van der Waals surface area (Å²) >= 11 is 0. The molecular weight excluding hydrogens is 317 g/mol. The van der Waals surface area contributed by atoms with Crippen LogP contribution in [0.3, 0.4) is 0 Å². The number of carbonyl (C=O) groups excluding carboxylic acids is 1. The summed E-state index contributed by atoms with van der Waals surface area (Å²) < 4.78 is 37.1. The number of alkyl halides is 3. The molecule has 1 aromatic rings. The highest BCUT2D eigenvalue weighted by Crippen LogP contribution is 2.22. The van der Waals surface area contributed by atoms with Gasteiger partial charge in [0.2, 0.25) is 5.91 Å². The van der Waals surface area contributed by atoms with Crippen molar-refractivity contribution in [1.29, 1.82) is 0 Å². The van der Waals surface area contributed by atoms with Gasteiger partial charge in [0.05, 0.1) is 6.54 Å². The maximum Gasteiger partial charge on any atom is 0.401 e. The first-order valence-corrected chi connectivity index (χ1v) is 8.37. The molecule has 1 amide bonds. The predicted molar refractivity (Wildman–Crippen MR) is 87.8 cm³/mol. The molecule has 1 aliphatic rings. The van der Waals surface area contributed by atoms with Crippen LogP contribution >= 0.6 is 0 Å². The number of likely N-dealkylation sites (tertiary alicyclic amines) is 1. The molecule has 1 aromatic carbocycles. The fourth-order valence-corrected chi connectivity index (χ4v) is 3.20. The van der Waals surface area contributed by atoms with E-state index in [9.17, 15) is 18.0 Å². The van der Waals surface area contributed by atoms with Crippen LogP contribution in [-0.4, -0.2) is 43.2 Å². The first kappa shape index (κ1) is 18.8. The van der Waals surface area contributed by atoms with Crippen molar-refractivity contribution in [3.8, 4) is 0 Å². The Bertz CT molecular complexity index is 564. The molecule has 0 unspecified atom stereocenters. The summed E-state index contributed by atoms with van der Waals surface area (Å²) in [5.41, 5.74) is 3.64. The van der Waals surface area contributed by atoms with Crippen LogP contribution in [0.15, 0.2) is 18.2 Å². The zero-order chi connectivity index (χ0) is 17.7. The smallest absolute Gasteiger partial charge is 0.356 e. The fraction of sp³-hybridized carbons (Fsp3) is 0.611. The van der Waals surface area contributed by atoms with Crippen LogP contribution in [0.2, 0.25) is 0 Å². The third-order valence-electron chi connectivity index (χ3n) is 4.55. The summed E-state index contributed by atoms with van der Waals surface area (Å²) in [7, 11) is 0. The van der Waals surface area contributed by atoms with Crippen molar-refractivity contribution in [2.45, 2.75) is 39.3 Å². The lowest BCUT2D eigenvalue weighted by molar-refractivity contribution is -0.149. The fourth-order valence-electron chi connectivity index (χ4n) is 3.20.